The largest absolute Gasteiger partial charge is 0.484 e. The molecule has 1 N–H and O–H groups in total. The molecule has 3 rings (SSSR count). The van der Waals surface area contributed by atoms with Gasteiger partial charge in [0.2, 0.25) is 0 Å². The third-order valence-corrected chi connectivity index (χ3v) is 4.50. The molecule has 0 bridgehead atoms. The first-order valence-corrected chi connectivity index (χ1v) is 8.09. The molecule has 0 unspecified atom stereocenters. The Kier molecular flexibility index (Phi) is 6.25. The predicted molar refractivity (Wildman–Crippen MR) is 99.5 cm³/mol. The Morgan fingerprint density at radius 1 is 1.09 bits per heavy atom. The van der Waals surface area contributed by atoms with Gasteiger partial charge in [-0.25, -0.2) is 0 Å². The second kappa shape index (κ2) is 8.18. The lowest BCUT2D eigenvalue weighted by molar-refractivity contribution is 0.201. The van der Waals surface area contributed by atoms with E-state index < -0.39 is 0 Å². The van der Waals surface area contributed by atoms with Crippen molar-refractivity contribution in [3.8, 4) is 5.75 Å². The molecule has 0 saturated carbocycles. The molecular formula is C18H22ClNOS. The number of rotatable bonds is 6. The van der Waals surface area contributed by atoms with Gasteiger partial charge in [-0.05, 0) is 36.5 Å². The second-order valence-corrected chi connectivity index (χ2v) is 5.97. The molecule has 0 aliphatic rings. The molecule has 22 heavy (non-hydrogen) atoms. The highest BCUT2D eigenvalue weighted by molar-refractivity contribution is 7.10. The zero-order chi connectivity index (χ0) is 14.5. The summed E-state index contributed by atoms with van der Waals surface area (Å²) in [7, 11) is 1.98. The highest BCUT2D eigenvalue weighted by Crippen LogP contribution is 2.32. The van der Waals surface area contributed by atoms with Crippen LogP contribution in [0.1, 0.15) is 18.8 Å². The minimum atomic E-state index is 0. The van der Waals surface area contributed by atoms with Crippen LogP contribution in [0.25, 0.3) is 10.8 Å². The number of benzene rings is 2. The van der Waals surface area contributed by atoms with Crippen LogP contribution in [0.4, 0.5) is 0 Å². The number of halogens is 1. The first kappa shape index (κ1) is 16.8. The Morgan fingerprint density at radius 3 is 2.68 bits per heavy atom. The second-order valence-electron chi connectivity index (χ2n) is 4.99. The molecule has 0 aliphatic carbocycles. The number of fused-ring (bicyclic) bond motifs is 1. The summed E-state index contributed by atoms with van der Waals surface area (Å²) in [5, 5.41) is 7.70. The van der Waals surface area contributed by atoms with Crippen molar-refractivity contribution in [2.24, 2.45) is 0 Å². The smallest absolute Gasteiger partial charge is 0.134 e. The molecule has 118 valence electrons. The predicted octanol–water partition coefficient (Wildman–Crippen LogP) is 5.30. The molecule has 2 nitrogen and oxygen atoms in total. The van der Waals surface area contributed by atoms with Crippen molar-refractivity contribution in [3.05, 3.63) is 64.9 Å². The van der Waals surface area contributed by atoms with Gasteiger partial charge in [-0.1, -0.05) is 42.5 Å². The van der Waals surface area contributed by atoms with E-state index in [4.69, 9.17) is 4.74 Å². The molecule has 3 aromatic rings. The summed E-state index contributed by atoms with van der Waals surface area (Å²) in [4.78, 5) is 1.28. The van der Waals surface area contributed by atoms with Crippen molar-refractivity contribution < 1.29 is 6.16 Å². The molecule has 0 aliphatic heterocycles. The van der Waals surface area contributed by atoms with Gasteiger partial charge in [0.1, 0.15) is 11.9 Å². The van der Waals surface area contributed by atoms with Gasteiger partial charge in [-0.2, -0.15) is 0 Å². The maximum Gasteiger partial charge on any atom is 0.134 e. The van der Waals surface area contributed by atoms with Crippen LogP contribution >= 0.6 is 23.7 Å². The van der Waals surface area contributed by atoms with E-state index in [1.807, 2.05) is 7.05 Å². The van der Waals surface area contributed by atoms with E-state index >= 15 is 0 Å². The van der Waals surface area contributed by atoms with E-state index in [0.29, 0.717) is 0 Å². The van der Waals surface area contributed by atoms with Crippen molar-refractivity contribution in [2.75, 3.05) is 13.6 Å². The Hall–Kier alpha value is -1.55. The fourth-order valence-electron chi connectivity index (χ4n) is 2.46. The van der Waals surface area contributed by atoms with Gasteiger partial charge >= 0.3 is 0 Å². The maximum atomic E-state index is 6.34. The Balaban J connectivity index is 0.00000132. The maximum absolute atomic E-state index is 6.34. The van der Waals surface area contributed by atoms with Crippen LogP contribution in [0.3, 0.4) is 0 Å². The minimum Gasteiger partial charge on any atom is -0.484 e. The third-order valence-electron chi connectivity index (χ3n) is 3.54. The van der Waals surface area contributed by atoms with Crippen LogP contribution in [0.2, 0.25) is 0 Å². The fourth-order valence-corrected chi connectivity index (χ4v) is 3.25. The summed E-state index contributed by atoms with van der Waals surface area (Å²) in [6.45, 7) is 0.938. The van der Waals surface area contributed by atoms with E-state index in [2.05, 4.69) is 65.3 Å². The highest BCUT2D eigenvalue weighted by Gasteiger charge is 2.15. The Bertz CT molecular complexity index is 700. The molecule has 0 saturated heterocycles. The van der Waals surface area contributed by atoms with Crippen LogP contribution in [0.15, 0.2) is 60.0 Å². The van der Waals surface area contributed by atoms with E-state index in [-0.39, 0.29) is 19.9 Å². The first-order valence-electron chi connectivity index (χ1n) is 7.21. The third kappa shape index (κ3) is 3.80. The lowest BCUT2D eigenvalue weighted by atomic mass is 10.1. The summed E-state index contributed by atoms with van der Waals surface area (Å²) in [5.41, 5.74) is 0. The highest BCUT2D eigenvalue weighted by atomic mass is 35.5. The van der Waals surface area contributed by atoms with Gasteiger partial charge in [0.15, 0.2) is 0 Å². The van der Waals surface area contributed by atoms with Crippen LogP contribution in [-0.2, 0) is 0 Å². The average molecular weight is 336 g/mol. The summed E-state index contributed by atoms with van der Waals surface area (Å²) in [6.07, 6.45) is 1.06. The number of hydrogen-bond acceptors (Lipinski definition) is 3. The molecule has 0 fully saturated rings. The summed E-state index contributed by atoms with van der Waals surface area (Å²) in [5.74, 6) is 0.961. The number of hydrogen-bond donors (Lipinski definition) is 1. The normalized spacial score (nSPS) is 11.9. The molecule has 0 spiro atoms. The zero-order valence-electron chi connectivity index (χ0n) is 12.5. The number of nitrogens with one attached hydrogen (secondary N) is 1. The van der Waals surface area contributed by atoms with E-state index in [1.165, 1.54) is 15.6 Å². The lowest BCUT2D eigenvalue weighted by Crippen LogP contribution is -2.15. The van der Waals surface area contributed by atoms with Gasteiger partial charge in [0.25, 0.3) is 0 Å². The minimum absolute atomic E-state index is 0. The topological polar surface area (TPSA) is 21.3 Å². The molecule has 0 amide bonds. The lowest BCUT2D eigenvalue weighted by Gasteiger charge is -2.19. The van der Waals surface area contributed by atoms with Gasteiger partial charge in [0.05, 0.1) is 0 Å². The molecule has 2 aromatic carbocycles. The Labute approximate surface area is 143 Å². The number of thiophene rings is 1. The van der Waals surface area contributed by atoms with Gasteiger partial charge in [-0.3, -0.25) is 0 Å². The monoisotopic (exact) mass is 335 g/mol. The van der Waals surface area contributed by atoms with E-state index in [9.17, 15) is 0 Å². The molecule has 1 aromatic heterocycles. The van der Waals surface area contributed by atoms with Gasteiger partial charge < -0.3 is 10.1 Å². The van der Waals surface area contributed by atoms with Crippen molar-refractivity contribution >= 4 is 34.5 Å². The van der Waals surface area contributed by atoms with E-state index in [0.717, 1.165) is 18.7 Å². The summed E-state index contributed by atoms with van der Waals surface area (Å²) in [6, 6.07) is 18.8. The molecular weight excluding hydrogens is 314 g/mol. The molecule has 4 heteroatoms. The molecule has 0 radical (unpaired) electrons. The van der Waals surface area contributed by atoms with Crippen molar-refractivity contribution in [1.29, 1.82) is 0 Å². The van der Waals surface area contributed by atoms with Crippen molar-refractivity contribution in [1.82, 2.24) is 5.32 Å². The average Bonchev–Trinajstić information content (AvgIpc) is 3.06. The Morgan fingerprint density at radius 2 is 1.91 bits per heavy atom. The van der Waals surface area contributed by atoms with Crippen molar-refractivity contribution in [2.45, 2.75) is 12.5 Å². The number of ether oxygens (including phenoxy) is 1. The SMILES string of the molecule is CNCC[C@@H](Oc1cccc2ccccc12)c1cccs1.Cl.[HH]. The zero-order valence-corrected chi connectivity index (χ0v) is 14.1. The first-order chi connectivity index (χ1) is 10.4. The molecule has 1 atom stereocenters. The van der Waals surface area contributed by atoms with E-state index in [1.54, 1.807) is 11.3 Å². The van der Waals surface area contributed by atoms with Gasteiger partial charge in [-0.15, -0.1) is 23.7 Å². The summed E-state index contributed by atoms with van der Waals surface area (Å²) < 4.78 is 6.34. The van der Waals surface area contributed by atoms with Gasteiger partial charge in [0, 0.05) is 18.1 Å². The van der Waals surface area contributed by atoms with Crippen LogP contribution in [0, 0.1) is 0 Å². The summed E-state index contributed by atoms with van der Waals surface area (Å²) >= 11 is 1.75. The van der Waals surface area contributed by atoms with Crippen LogP contribution < -0.4 is 10.1 Å². The van der Waals surface area contributed by atoms with Crippen LogP contribution in [0.5, 0.6) is 5.75 Å². The fraction of sp³-hybridized carbons (Fsp3) is 0.222. The standard InChI is InChI=1S/C18H19NOS.ClH.H2/c1-19-12-11-17(18-10-5-13-21-18)20-16-9-4-7-14-6-2-3-8-15(14)16;;/h2-10,13,17,19H,11-12H2,1H3;2*1H/t17-;;/m1../s1. The molecule has 1 heterocycles. The van der Waals surface area contributed by atoms with Crippen molar-refractivity contribution in [3.63, 3.8) is 0 Å². The quantitative estimate of drug-likeness (QED) is 0.660. The van der Waals surface area contributed by atoms with Crippen LogP contribution in [-0.4, -0.2) is 13.6 Å².